The van der Waals surface area contributed by atoms with Crippen molar-refractivity contribution in [2.75, 3.05) is 11.9 Å². The molecule has 2 amide bonds. The number of amides is 2. The van der Waals surface area contributed by atoms with Crippen LogP contribution in [0.4, 0.5) is 5.69 Å². The number of aryl methyl sites for hydroxylation is 1. The quantitative estimate of drug-likeness (QED) is 0.644. The van der Waals surface area contributed by atoms with Crippen LogP contribution in [0.5, 0.6) is 0 Å². The fourth-order valence-electron chi connectivity index (χ4n) is 2.85. The van der Waals surface area contributed by atoms with Crippen LogP contribution in [0.1, 0.15) is 62.6 Å². The molecule has 1 heterocycles. The van der Waals surface area contributed by atoms with E-state index >= 15 is 0 Å². The molecule has 4 N–H and O–H groups in total. The molecule has 1 atom stereocenters. The number of nitrogens with two attached hydrogens (primary N) is 1. The van der Waals surface area contributed by atoms with Crippen LogP contribution in [0.15, 0.2) is 18.2 Å². The first-order chi connectivity index (χ1) is 11.1. The van der Waals surface area contributed by atoms with Crippen molar-refractivity contribution in [2.24, 2.45) is 5.73 Å². The SMILES string of the molecule is CC(NC(=O)CCCCCCN)c1ccc2c(c1)CCC(=O)N2. The number of nitrogens with one attached hydrogen (secondary N) is 2. The molecule has 1 aromatic carbocycles. The Morgan fingerprint density at radius 1 is 1.26 bits per heavy atom. The molecule has 0 radical (unpaired) electrons. The molecule has 0 fully saturated rings. The molecule has 1 aliphatic rings. The Bertz CT molecular complexity index is 557. The summed E-state index contributed by atoms with van der Waals surface area (Å²) in [5.41, 5.74) is 8.57. The lowest BCUT2D eigenvalue weighted by Crippen LogP contribution is -2.26. The summed E-state index contributed by atoms with van der Waals surface area (Å²) in [6.45, 7) is 2.72. The van der Waals surface area contributed by atoms with Crippen LogP contribution in [-0.4, -0.2) is 18.4 Å². The molecule has 0 aromatic heterocycles. The van der Waals surface area contributed by atoms with Gasteiger partial charge in [-0.2, -0.15) is 0 Å². The molecule has 1 aromatic rings. The first-order valence-corrected chi connectivity index (χ1v) is 8.52. The van der Waals surface area contributed by atoms with E-state index in [1.54, 1.807) is 0 Å². The van der Waals surface area contributed by atoms with Crippen LogP contribution in [0.3, 0.4) is 0 Å². The van der Waals surface area contributed by atoms with Crippen LogP contribution in [-0.2, 0) is 16.0 Å². The monoisotopic (exact) mass is 317 g/mol. The van der Waals surface area contributed by atoms with Gasteiger partial charge in [-0.1, -0.05) is 25.0 Å². The topological polar surface area (TPSA) is 84.2 Å². The minimum absolute atomic E-state index is 0.0190. The van der Waals surface area contributed by atoms with E-state index in [-0.39, 0.29) is 17.9 Å². The number of rotatable bonds is 8. The van der Waals surface area contributed by atoms with Gasteiger partial charge in [0.05, 0.1) is 6.04 Å². The normalized spacial score (nSPS) is 14.8. The van der Waals surface area contributed by atoms with Gasteiger partial charge in [0, 0.05) is 18.5 Å². The van der Waals surface area contributed by atoms with Crippen molar-refractivity contribution in [1.82, 2.24) is 5.32 Å². The standard InChI is InChI=1S/C18H27N3O2/c1-13(20-17(22)6-4-2-3-5-11-19)14-7-9-16-15(12-14)8-10-18(23)21-16/h7,9,12-13H,2-6,8,10-11,19H2,1H3,(H,20,22)(H,21,23). The maximum absolute atomic E-state index is 12.0. The highest BCUT2D eigenvalue weighted by Gasteiger charge is 2.17. The van der Waals surface area contributed by atoms with Gasteiger partial charge in [-0.05, 0) is 49.9 Å². The Balaban J connectivity index is 1.82. The zero-order chi connectivity index (χ0) is 16.7. The average Bonchev–Trinajstić information content (AvgIpc) is 2.54. The summed E-state index contributed by atoms with van der Waals surface area (Å²) >= 11 is 0. The van der Waals surface area contributed by atoms with Crippen molar-refractivity contribution in [1.29, 1.82) is 0 Å². The smallest absolute Gasteiger partial charge is 0.224 e. The number of carbonyl (C=O) groups excluding carboxylic acids is 2. The third kappa shape index (κ3) is 5.36. The number of hydrogen-bond acceptors (Lipinski definition) is 3. The minimum atomic E-state index is -0.0190. The molecule has 5 nitrogen and oxygen atoms in total. The second-order valence-corrected chi connectivity index (χ2v) is 6.21. The zero-order valence-electron chi connectivity index (χ0n) is 13.9. The minimum Gasteiger partial charge on any atom is -0.350 e. The Kier molecular flexibility index (Phi) is 6.59. The van der Waals surface area contributed by atoms with E-state index in [0.29, 0.717) is 12.8 Å². The van der Waals surface area contributed by atoms with Crippen molar-refractivity contribution in [3.8, 4) is 0 Å². The number of benzene rings is 1. The van der Waals surface area contributed by atoms with Gasteiger partial charge in [0.2, 0.25) is 11.8 Å². The first-order valence-electron chi connectivity index (χ1n) is 8.52. The van der Waals surface area contributed by atoms with Crippen molar-refractivity contribution in [3.63, 3.8) is 0 Å². The Morgan fingerprint density at radius 3 is 2.83 bits per heavy atom. The highest BCUT2D eigenvalue weighted by Crippen LogP contribution is 2.26. The van der Waals surface area contributed by atoms with Crippen LogP contribution in [0.25, 0.3) is 0 Å². The fourth-order valence-corrected chi connectivity index (χ4v) is 2.85. The molecular formula is C18H27N3O2. The van der Waals surface area contributed by atoms with Gasteiger partial charge in [-0.3, -0.25) is 9.59 Å². The highest BCUT2D eigenvalue weighted by atomic mass is 16.2. The van der Waals surface area contributed by atoms with Crippen molar-refractivity contribution in [2.45, 2.75) is 57.9 Å². The van der Waals surface area contributed by atoms with E-state index in [4.69, 9.17) is 5.73 Å². The summed E-state index contributed by atoms with van der Waals surface area (Å²) in [5, 5.41) is 5.93. The lowest BCUT2D eigenvalue weighted by molar-refractivity contribution is -0.121. The van der Waals surface area contributed by atoms with Crippen LogP contribution in [0, 0.1) is 0 Å². The molecular weight excluding hydrogens is 290 g/mol. The van der Waals surface area contributed by atoms with Crippen LogP contribution >= 0.6 is 0 Å². The van der Waals surface area contributed by atoms with E-state index < -0.39 is 0 Å². The molecule has 0 bridgehead atoms. The Labute approximate surface area is 138 Å². The van der Waals surface area contributed by atoms with E-state index in [1.165, 1.54) is 0 Å². The van der Waals surface area contributed by atoms with Crippen molar-refractivity contribution < 1.29 is 9.59 Å². The summed E-state index contributed by atoms with van der Waals surface area (Å²) < 4.78 is 0. The number of fused-ring (bicyclic) bond motifs is 1. The molecule has 23 heavy (non-hydrogen) atoms. The molecule has 0 spiro atoms. The molecule has 0 aliphatic carbocycles. The van der Waals surface area contributed by atoms with Gasteiger partial charge in [-0.15, -0.1) is 0 Å². The maximum Gasteiger partial charge on any atom is 0.224 e. The molecule has 1 unspecified atom stereocenters. The first kappa shape index (κ1) is 17.5. The van der Waals surface area contributed by atoms with Crippen molar-refractivity contribution >= 4 is 17.5 Å². The second kappa shape index (κ2) is 8.67. The third-order valence-electron chi connectivity index (χ3n) is 4.26. The highest BCUT2D eigenvalue weighted by molar-refractivity contribution is 5.93. The summed E-state index contributed by atoms with van der Waals surface area (Å²) in [5.74, 6) is 0.164. The van der Waals surface area contributed by atoms with E-state index in [2.05, 4.69) is 16.7 Å². The van der Waals surface area contributed by atoms with Crippen molar-refractivity contribution in [3.05, 3.63) is 29.3 Å². The summed E-state index contributed by atoms with van der Waals surface area (Å²) in [7, 11) is 0. The third-order valence-corrected chi connectivity index (χ3v) is 4.26. The largest absolute Gasteiger partial charge is 0.350 e. The molecule has 126 valence electrons. The predicted molar refractivity (Wildman–Crippen MR) is 92.1 cm³/mol. The van der Waals surface area contributed by atoms with Gasteiger partial charge in [0.1, 0.15) is 0 Å². The van der Waals surface area contributed by atoms with Gasteiger partial charge in [0.25, 0.3) is 0 Å². The van der Waals surface area contributed by atoms with Crippen LogP contribution in [0.2, 0.25) is 0 Å². The van der Waals surface area contributed by atoms with Crippen LogP contribution < -0.4 is 16.4 Å². The lowest BCUT2D eigenvalue weighted by Gasteiger charge is -2.20. The number of anilines is 1. The predicted octanol–water partition coefficient (Wildman–Crippen LogP) is 2.66. The van der Waals surface area contributed by atoms with Gasteiger partial charge in [-0.25, -0.2) is 0 Å². The average molecular weight is 317 g/mol. The molecule has 0 saturated carbocycles. The molecule has 1 aliphatic heterocycles. The maximum atomic E-state index is 12.0. The van der Waals surface area contributed by atoms with E-state index in [9.17, 15) is 9.59 Å². The fraction of sp³-hybridized carbons (Fsp3) is 0.556. The molecule has 5 heteroatoms. The summed E-state index contributed by atoms with van der Waals surface area (Å²) in [4.78, 5) is 23.4. The van der Waals surface area contributed by atoms with Gasteiger partial charge >= 0.3 is 0 Å². The zero-order valence-corrected chi connectivity index (χ0v) is 13.9. The summed E-state index contributed by atoms with van der Waals surface area (Å²) in [6.07, 6.45) is 5.94. The second-order valence-electron chi connectivity index (χ2n) is 6.21. The lowest BCUT2D eigenvalue weighted by atomic mass is 9.97. The molecule has 2 rings (SSSR count). The van der Waals surface area contributed by atoms with Gasteiger partial charge in [0.15, 0.2) is 0 Å². The summed E-state index contributed by atoms with van der Waals surface area (Å²) in [6, 6.07) is 5.96. The van der Waals surface area contributed by atoms with E-state index in [0.717, 1.165) is 55.5 Å². The number of hydrogen-bond donors (Lipinski definition) is 3. The molecule has 0 saturated heterocycles. The van der Waals surface area contributed by atoms with E-state index in [1.807, 2.05) is 19.1 Å². The van der Waals surface area contributed by atoms with Gasteiger partial charge < -0.3 is 16.4 Å². The Morgan fingerprint density at radius 2 is 2.04 bits per heavy atom. The number of unbranched alkanes of at least 4 members (excludes halogenated alkanes) is 3. The Hall–Kier alpha value is -1.88. The number of carbonyl (C=O) groups is 2.